The summed E-state index contributed by atoms with van der Waals surface area (Å²) in [5, 5.41) is 11.3. The van der Waals surface area contributed by atoms with Crippen molar-refractivity contribution in [3.8, 4) is 5.75 Å². The smallest absolute Gasteiger partial charge is 0.244 e. The lowest BCUT2D eigenvalue weighted by molar-refractivity contribution is 0.197. The fraction of sp³-hybridized carbons (Fsp3) is 0.500. The standard InChI is InChI=1S/C18H26N6O2/c1-25-13-5-8-19-18-21-17(14-20-22-18)24-11-9-23(10-12-24)15-6-3-4-7-16(15)26-2/h3-4,6-7,14H,5,8-13H2,1-2H3,(H,19,21,22). The number of hydrogen-bond donors (Lipinski definition) is 1. The molecular weight excluding hydrogens is 332 g/mol. The lowest BCUT2D eigenvalue weighted by atomic mass is 10.2. The van der Waals surface area contributed by atoms with E-state index in [0.29, 0.717) is 12.6 Å². The van der Waals surface area contributed by atoms with Crippen molar-refractivity contribution in [3.05, 3.63) is 30.5 Å². The minimum absolute atomic E-state index is 0.561. The third kappa shape index (κ3) is 4.51. The molecule has 2 heterocycles. The van der Waals surface area contributed by atoms with Crippen LogP contribution in [0.15, 0.2) is 30.5 Å². The molecule has 0 amide bonds. The quantitative estimate of drug-likeness (QED) is 0.714. The van der Waals surface area contributed by atoms with Crippen LogP contribution in [0.25, 0.3) is 0 Å². The van der Waals surface area contributed by atoms with Gasteiger partial charge in [0.05, 0.1) is 19.0 Å². The van der Waals surface area contributed by atoms with Crippen LogP contribution in [-0.2, 0) is 4.74 Å². The molecule has 1 N–H and O–H groups in total. The van der Waals surface area contributed by atoms with E-state index in [2.05, 4.69) is 36.4 Å². The normalized spacial score (nSPS) is 14.4. The maximum absolute atomic E-state index is 5.48. The van der Waals surface area contributed by atoms with Crippen LogP contribution in [0.4, 0.5) is 17.5 Å². The van der Waals surface area contributed by atoms with Gasteiger partial charge in [0.15, 0.2) is 5.82 Å². The van der Waals surface area contributed by atoms with Crippen LogP contribution in [0.3, 0.4) is 0 Å². The first kappa shape index (κ1) is 18.2. The highest BCUT2D eigenvalue weighted by Crippen LogP contribution is 2.28. The monoisotopic (exact) mass is 358 g/mol. The zero-order valence-electron chi connectivity index (χ0n) is 15.4. The summed E-state index contributed by atoms with van der Waals surface area (Å²) in [6.07, 6.45) is 2.63. The van der Waals surface area contributed by atoms with Crippen LogP contribution in [0.2, 0.25) is 0 Å². The number of benzene rings is 1. The Morgan fingerprint density at radius 2 is 1.85 bits per heavy atom. The van der Waals surface area contributed by atoms with Crippen molar-refractivity contribution in [1.82, 2.24) is 15.2 Å². The Kier molecular flexibility index (Phi) is 6.43. The second-order valence-corrected chi connectivity index (χ2v) is 6.06. The number of methoxy groups -OCH3 is 2. The van der Waals surface area contributed by atoms with Crippen molar-refractivity contribution in [3.63, 3.8) is 0 Å². The Labute approximate surface area is 154 Å². The number of para-hydroxylation sites is 2. The molecule has 0 unspecified atom stereocenters. The minimum atomic E-state index is 0.561. The summed E-state index contributed by atoms with van der Waals surface area (Å²) in [7, 11) is 3.41. The molecule has 0 aliphatic carbocycles. The van der Waals surface area contributed by atoms with Crippen molar-refractivity contribution in [2.75, 3.05) is 68.7 Å². The summed E-state index contributed by atoms with van der Waals surface area (Å²) >= 11 is 0. The van der Waals surface area contributed by atoms with Crippen LogP contribution >= 0.6 is 0 Å². The number of aromatic nitrogens is 3. The van der Waals surface area contributed by atoms with Crippen LogP contribution in [0.1, 0.15) is 6.42 Å². The van der Waals surface area contributed by atoms with Gasteiger partial charge in [0.1, 0.15) is 5.75 Å². The van der Waals surface area contributed by atoms with E-state index >= 15 is 0 Å². The lowest BCUT2D eigenvalue weighted by Gasteiger charge is -2.37. The number of ether oxygens (including phenoxy) is 2. The molecule has 1 aromatic heterocycles. The van der Waals surface area contributed by atoms with Gasteiger partial charge >= 0.3 is 0 Å². The zero-order valence-corrected chi connectivity index (χ0v) is 15.4. The van der Waals surface area contributed by atoms with Crippen molar-refractivity contribution >= 4 is 17.5 Å². The summed E-state index contributed by atoms with van der Waals surface area (Å²) in [4.78, 5) is 9.16. The molecule has 1 aliphatic rings. The van der Waals surface area contributed by atoms with E-state index in [-0.39, 0.29) is 0 Å². The number of hydrogen-bond acceptors (Lipinski definition) is 8. The Morgan fingerprint density at radius 1 is 1.08 bits per heavy atom. The van der Waals surface area contributed by atoms with E-state index in [9.17, 15) is 0 Å². The van der Waals surface area contributed by atoms with Gasteiger partial charge in [0.2, 0.25) is 5.95 Å². The van der Waals surface area contributed by atoms with E-state index in [1.54, 1.807) is 20.4 Å². The molecule has 0 bridgehead atoms. The van der Waals surface area contributed by atoms with Crippen LogP contribution in [-0.4, -0.2) is 68.7 Å². The van der Waals surface area contributed by atoms with Gasteiger partial charge in [-0.25, -0.2) is 0 Å². The van der Waals surface area contributed by atoms with Gasteiger partial charge in [0.25, 0.3) is 0 Å². The average Bonchev–Trinajstić information content (AvgIpc) is 2.71. The van der Waals surface area contributed by atoms with Crippen LogP contribution in [0.5, 0.6) is 5.75 Å². The van der Waals surface area contributed by atoms with Gasteiger partial charge in [-0.2, -0.15) is 10.1 Å². The van der Waals surface area contributed by atoms with E-state index in [1.807, 2.05) is 18.2 Å². The molecule has 0 spiro atoms. The van der Waals surface area contributed by atoms with Gasteiger partial charge in [-0.1, -0.05) is 12.1 Å². The Morgan fingerprint density at radius 3 is 2.62 bits per heavy atom. The van der Waals surface area contributed by atoms with Crippen molar-refractivity contribution in [2.45, 2.75) is 6.42 Å². The average molecular weight is 358 g/mol. The molecule has 0 saturated carbocycles. The van der Waals surface area contributed by atoms with Crippen LogP contribution in [0, 0.1) is 0 Å². The van der Waals surface area contributed by atoms with Crippen molar-refractivity contribution in [1.29, 1.82) is 0 Å². The first-order chi connectivity index (χ1) is 12.8. The fourth-order valence-electron chi connectivity index (χ4n) is 3.01. The Hall–Kier alpha value is -2.61. The highest BCUT2D eigenvalue weighted by Gasteiger charge is 2.21. The predicted molar refractivity (Wildman–Crippen MR) is 102 cm³/mol. The molecule has 140 valence electrons. The molecule has 2 aromatic rings. The highest BCUT2D eigenvalue weighted by molar-refractivity contribution is 5.59. The summed E-state index contributed by atoms with van der Waals surface area (Å²) in [5.74, 6) is 2.33. The molecule has 0 atom stereocenters. The van der Waals surface area contributed by atoms with Crippen LogP contribution < -0.4 is 19.9 Å². The molecule has 1 saturated heterocycles. The van der Waals surface area contributed by atoms with Gasteiger partial charge in [-0.3, -0.25) is 0 Å². The van der Waals surface area contributed by atoms with Gasteiger partial charge < -0.3 is 24.6 Å². The summed E-state index contributed by atoms with van der Waals surface area (Å²) in [5.41, 5.74) is 1.14. The number of anilines is 3. The first-order valence-corrected chi connectivity index (χ1v) is 8.87. The summed E-state index contributed by atoms with van der Waals surface area (Å²) in [6, 6.07) is 8.13. The molecule has 3 rings (SSSR count). The van der Waals surface area contributed by atoms with E-state index in [4.69, 9.17) is 9.47 Å². The topological polar surface area (TPSA) is 75.6 Å². The SMILES string of the molecule is COCCCNc1nncc(N2CCN(c3ccccc3OC)CC2)n1. The third-order valence-corrected chi connectivity index (χ3v) is 4.38. The van der Waals surface area contributed by atoms with Gasteiger partial charge in [-0.15, -0.1) is 5.10 Å². The van der Waals surface area contributed by atoms with E-state index in [1.165, 1.54) is 0 Å². The largest absolute Gasteiger partial charge is 0.495 e. The lowest BCUT2D eigenvalue weighted by Crippen LogP contribution is -2.47. The molecule has 1 aromatic carbocycles. The molecule has 1 fully saturated rings. The molecule has 0 radical (unpaired) electrons. The predicted octanol–water partition coefficient (Wildman–Crippen LogP) is 1.66. The fourth-order valence-corrected chi connectivity index (χ4v) is 3.01. The maximum atomic E-state index is 5.48. The van der Waals surface area contributed by atoms with E-state index in [0.717, 1.165) is 56.4 Å². The Bertz CT molecular complexity index is 691. The molecule has 26 heavy (non-hydrogen) atoms. The number of nitrogens with one attached hydrogen (secondary N) is 1. The molecule has 8 heteroatoms. The zero-order chi connectivity index (χ0) is 18.2. The first-order valence-electron chi connectivity index (χ1n) is 8.87. The van der Waals surface area contributed by atoms with Crippen molar-refractivity contribution in [2.24, 2.45) is 0 Å². The minimum Gasteiger partial charge on any atom is -0.495 e. The Balaban J connectivity index is 1.58. The number of rotatable bonds is 8. The number of nitrogens with zero attached hydrogens (tertiary/aromatic N) is 5. The number of piperazine rings is 1. The summed E-state index contributed by atoms with van der Waals surface area (Å²) in [6.45, 7) is 5.03. The molecule has 1 aliphatic heterocycles. The highest BCUT2D eigenvalue weighted by atomic mass is 16.5. The molecule has 8 nitrogen and oxygen atoms in total. The summed E-state index contributed by atoms with van der Waals surface area (Å²) < 4.78 is 10.5. The third-order valence-electron chi connectivity index (χ3n) is 4.38. The van der Waals surface area contributed by atoms with Gasteiger partial charge in [-0.05, 0) is 18.6 Å². The second-order valence-electron chi connectivity index (χ2n) is 6.06. The van der Waals surface area contributed by atoms with Gasteiger partial charge in [0, 0.05) is 46.4 Å². The van der Waals surface area contributed by atoms with Crippen molar-refractivity contribution < 1.29 is 9.47 Å². The maximum Gasteiger partial charge on any atom is 0.244 e. The second kappa shape index (κ2) is 9.19. The van der Waals surface area contributed by atoms with E-state index < -0.39 is 0 Å². The molecular formula is C18H26N6O2.